The highest BCUT2D eigenvalue weighted by Crippen LogP contribution is 2.23. The summed E-state index contributed by atoms with van der Waals surface area (Å²) in [5.74, 6) is -0.614. The molecule has 1 atom stereocenters. The molecule has 0 amide bonds. The summed E-state index contributed by atoms with van der Waals surface area (Å²) in [6.07, 6.45) is 1.40. The number of aromatic nitrogens is 3. The van der Waals surface area contributed by atoms with Gasteiger partial charge in [-0.15, -0.1) is 5.10 Å². The van der Waals surface area contributed by atoms with Crippen LogP contribution in [0.1, 0.15) is 29.1 Å². The first-order chi connectivity index (χ1) is 9.02. The number of hydrogen-bond donors (Lipinski definition) is 1. The first-order valence-electron chi connectivity index (χ1n) is 5.58. The molecule has 1 heterocycles. The number of hydrogen-bond acceptors (Lipinski definition) is 5. The Hall–Kier alpha value is -1.92. The van der Waals surface area contributed by atoms with Gasteiger partial charge in [0.25, 0.3) is 5.82 Å². The molecule has 0 aliphatic heterocycles. The maximum atomic E-state index is 11.3. The minimum atomic E-state index is -0.595. The van der Waals surface area contributed by atoms with Crippen molar-refractivity contribution in [3.05, 3.63) is 40.9 Å². The fourth-order valence-electron chi connectivity index (χ4n) is 1.56. The predicted molar refractivity (Wildman–Crippen MR) is 70.3 cm³/mol. The molecule has 0 spiro atoms. The third-order valence-corrected chi connectivity index (χ3v) is 2.91. The number of ether oxygens (including phenoxy) is 1. The van der Waals surface area contributed by atoms with Crippen molar-refractivity contribution in [2.75, 3.05) is 7.11 Å². The molecule has 1 aromatic heterocycles. The van der Waals surface area contributed by atoms with Crippen molar-refractivity contribution in [1.82, 2.24) is 14.8 Å². The Labute approximate surface area is 115 Å². The summed E-state index contributed by atoms with van der Waals surface area (Å²) in [6.45, 7) is 1.87. The molecule has 2 rings (SSSR count). The van der Waals surface area contributed by atoms with Crippen molar-refractivity contribution in [2.24, 2.45) is 5.73 Å². The number of methoxy groups -OCH3 is 1. The Morgan fingerprint density at radius 1 is 1.53 bits per heavy atom. The first kappa shape index (κ1) is 13.5. The van der Waals surface area contributed by atoms with Crippen LogP contribution in [0.5, 0.6) is 0 Å². The number of halogens is 1. The molecule has 0 aliphatic carbocycles. The van der Waals surface area contributed by atoms with Gasteiger partial charge in [0, 0.05) is 6.04 Å². The van der Waals surface area contributed by atoms with Gasteiger partial charge in [0.2, 0.25) is 0 Å². The van der Waals surface area contributed by atoms with Crippen molar-refractivity contribution in [3.63, 3.8) is 0 Å². The van der Waals surface area contributed by atoms with Crippen LogP contribution in [0.3, 0.4) is 0 Å². The summed E-state index contributed by atoms with van der Waals surface area (Å²) in [6, 6.07) is 5.29. The van der Waals surface area contributed by atoms with E-state index in [1.165, 1.54) is 18.1 Å². The third kappa shape index (κ3) is 2.74. The van der Waals surface area contributed by atoms with Crippen LogP contribution in [0.25, 0.3) is 5.69 Å². The van der Waals surface area contributed by atoms with Crippen LogP contribution in [0.4, 0.5) is 0 Å². The molecule has 1 aromatic carbocycles. The van der Waals surface area contributed by atoms with Gasteiger partial charge in [0.05, 0.1) is 17.8 Å². The zero-order chi connectivity index (χ0) is 14.0. The maximum Gasteiger partial charge on any atom is 0.377 e. The summed E-state index contributed by atoms with van der Waals surface area (Å²) in [5, 5.41) is 4.48. The Kier molecular flexibility index (Phi) is 3.82. The second-order valence-electron chi connectivity index (χ2n) is 4.00. The summed E-state index contributed by atoms with van der Waals surface area (Å²) < 4.78 is 5.96. The number of nitrogens with zero attached hydrogens (tertiary/aromatic N) is 3. The van der Waals surface area contributed by atoms with Crippen LogP contribution in [-0.2, 0) is 4.74 Å². The maximum absolute atomic E-state index is 11.3. The number of esters is 1. The lowest BCUT2D eigenvalue weighted by atomic mass is 10.1. The summed E-state index contributed by atoms with van der Waals surface area (Å²) in [4.78, 5) is 15.1. The van der Waals surface area contributed by atoms with E-state index in [9.17, 15) is 4.79 Å². The highest BCUT2D eigenvalue weighted by atomic mass is 35.5. The lowest BCUT2D eigenvalue weighted by Gasteiger charge is -2.09. The Bertz CT molecular complexity index is 610. The van der Waals surface area contributed by atoms with Crippen molar-refractivity contribution in [3.8, 4) is 5.69 Å². The summed E-state index contributed by atoms with van der Waals surface area (Å²) in [5.41, 5.74) is 7.32. The molecule has 0 fully saturated rings. The molecular weight excluding hydrogens is 268 g/mol. The minimum Gasteiger partial charge on any atom is -0.463 e. The number of rotatable bonds is 3. The molecule has 0 saturated carbocycles. The summed E-state index contributed by atoms with van der Waals surface area (Å²) in [7, 11) is 1.27. The molecule has 19 heavy (non-hydrogen) atoms. The van der Waals surface area contributed by atoms with Gasteiger partial charge in [-0.05, 0) is 24.6 Å². The molecule has 0 saturated heterocycles. The fraction of sp³-hybridized carbons (Fsp3) is 0.250. The van der Waals surface area contributed by atoms with Crippen LogP contribution in [0, 0.1) is 0 Å². The van der Waals surface area contributed by atoms with Crippen LogP contribution in [0.15, 0.2) is 24.5 Å². The van der Waals surface area contributed by atoms with E-state index < -0.39 is 5.97 Å². The number of carbonyl (C=O) groups is 1. The molecule has 100 valence electrons. The van der Waals surface area contributed by atoms with E-state index in [0.29, 0.717) is 10.7 Å². The van der Waals surface area contributed by atoms with E-state index in [0.717, 1.165) is 5.56 Å². The Morgan fingerprint density at radius 2 is 2.26 bits per heavy atom. The van der Waals surface area contributed by atoms with Crippen LogP contribution in [0.2, 0.25) is 5.02 Å². The lowest BCUT2D eigenvalue weighted by molar-refractivity contribution is 0.0587. The van der Waals surface area contributed by atoms with Gasteiger partial charge in [-0.1, -0.05) is 17.7 Å². The van der Waals surface area contributed by atoms with Gasteiger partial charge in [0.15, 0.2) is 0 Å². The molecule has 7 heteroatoms. The minimum absolute atomic E-state index is 0.0187. The van der Waals surface area contributed by atoms with Crippen LogP contribution >= 0.6 is 11.6 Å². The van der Waals surface area contributed by atoms with E-state index in [4.69, 9.17) is 17.3 Å². The quantitative estimate of drug-likeness (QED) is 0.866. The molecule has 2 N–H and O–H groups in total. The van der Waals surface area contributed by atoms with E-state index in [2.05, 4.69) is 14.8 Å². The molecular formula is C12H13ClN4O2. The highest BCUT2D eigenvalue weighted by Gasteiger charge is 2.13. The Morgan fingerprint density at radius 3 is 2.84 bits per heavy atom. The highest BCUT2D eigenvalue weighted by molar-refractivity contribution is 6.32. The normalized spacial score (nSPS) is 12.2. The standard InChI is InChI=1S/C12H13ClN4O2/c1-7(14)8-3-4-10(9(13)5-8)17-6-15-11(16-17)12(18)19-2/h3-7H,14H2,1-2H3/t7-/m1/s1. The van der Waals surface area contributed by atoms with Gasteiger partial charge >= 0.3 is 5.97 Å². The smallest absolute Gasteiger partial charge is 0.377 e. The van der Waals surface area contributed by atoms with Crippen molar-refractivity contribution in [1.29, 1.82) is 0 Å². The summed E-state index contributed by atoms with van der Waals surface area (Å²) >= 11 is 6.17. The monoisotopic (exact) mass is 280 g/mol. The van der Waals surface area contributed by atoms with Crippen LogP contribution < -0.4 is 5.73 Å². The molecule has 0 aliphatic rings. The molecule has 6 nitrogen and oxygen atoms in total. The van der Waals surface area contributed by atoms with Gasteiger partial charge in [-0.3, -0.25) is 0 Å². The van der Waals surface area contributed by atoms with Crippen molar-refractivity contribution < 1.29 is 9.53 Å². The second kappa shape index (κ2) is 5.38. The zero-order valence-electron chi connectivity index (χ0n) is 10.5. The van der Waals surface area contributed by atoms with Gasteiger partial charge < -0.3 is 10.5 Å². The predicted octanol–water partition coefficient (Wildman–Crippen LogP) is 1.73. The first-order valence-corrected chi connectivity index (χ1v) is 5.96. The fourth-order valence-corrected chi connectivity index (χ4v) is 1.83. The third-order valence-electron chi connectivity index (χ3n) is 2.60. The van der Waals surface area contributed by atoms with Gasteiger partial charge in [0.1, 0.15) is 6.33 Å². The molecule has 0 radical (unpaired) electrons. The average Bonchev–Trinajstić information content (AvgIpc) is 2.87. The molecule has 0 unspecified atom stereocenters. The van der Waals surface area contributed by atoms with E-state index in [-0.39, 0.29) is 11.9 Å². The second-order valence-corrected chi connectivity index (χ2v) is 4.41. The topological polar surface area (TPSA) is 83.0 Å². The average molecular weight is 281 g/mol. The van der Waals surface area contributed by atoms with Crippen LogP contribution in [-0.4, -0.2) is 27.8 Å². The largest absolute Gasteiger partial charge is 0.463 e. The van der Waals surface area contributed by atoms with Gasteiger partial charge in [-0.25, -0.2) is 14.5 Å². The Balaban J connectivity index is 2.37. The van der Waals surface area contributed by atoms with E-state index in [1.54, 1.807) is 12.1 Å². The number of nitrogens with two attached hydrogens (primary N) is 1. The SMILES string of the molecule is COC(=O)c1ncn(-c2ccc([C@@H](C)N)cc2Cl)n1. The zero-order valence-corrected chi connectivity index (χ0v) is 11.3. The van der Waals surface area contributed by atoms with E-state index in [1.807, 2.05) is 13.0 Å². The van der Waals surface area contributed by atoms with E-state index >= 15 is 0 Å². The van der Waals surface area contributed by atoms with Gasteiger partial charge in [-0.2, -0.15) is 0 Å². The number of carbonyl (C=O) groups excluding carboxylic acids is 1. The lowest BCUT2D eigenvalue weighted by Crippen LogP contribution is -2.07. The van der Waals surface area contributed by atoms with Crippen molar-refractivity contribution in [2.45, 2.75) is 13.0 Å². The number of benzene rings is 1. The van der Waals surface area contributed by atoms with Crippen molar-refractivity contribution >= 4 is 17.6 Å². The molecule has 0 bridgehead atoms. The molecule has 2 aromatic rings.